The number of carbonyl (C=O) groups is 2. The third-order valence-corrected chi connectivity index (χ3v) is 9.17. The predicted molar refractivity (Wildman–Crippen MR) is 132 cm³/mol. The van der Waals surface area contributed by atoms with Gasteiger partial charge in [0, 0.05) is 12.0 Å². The summed E-state index contributed by atoms with van der Waals surface area (Å²) in [5, 5.41) is 10.0. The number of thiophene rings is 1. The molecule has 4 rings (SSSR count). The highest BCUT2D eigenvalue weighted by molar-refractivity contribution is 7.15. The summed E-state index contributed by atoms with van der Waals surface area (Å²) in [7, 11) is 1.25. The monoisotopic (exact) mass is 525 g/mol. The van der Waals surface area contributed by atoms with E-state index in [1.807, 2.05) is 0 Å². The van der Waals surface area contributed by atoms with Gasteiger partial charge in [-0.25, -0.2) is 4.79 Å². The van der Waals surface area contributed by atoms with Gasteiger partial charge >= 0.3 is 12.1 Å². The summed E-state index contributed by atoms with van der Waals surface area (Å²) in [6.07, 6.45) is 1.32. The molecule has 3 aliphatic rings. The molecule has 1 aromatic heterocycles. The second-order valence-electron chi connectivity index (χ2n) is 10.6. The fraction of sp³-hybridized carbons (Fsp3) is 0.704. The number of hydrogen-bond donors (Lipinski definition) is 1. The largest absolute Gasteiger partial charge is 0.465 e. The second kappa shape index (κ2) is 10.7. The molecule has 0 atom stereocenters. The Kier molecular flexibility index (Phi) is 8.06. The van der Waals surface area contributed by atoms with Crippen molar-refractivity contribution in [3.8, 4) is 11.8 Å². The van der Waals surface area contributed by atoms with E-state index in [1.54, 1.807) is 11.0 Å². The number of anilines is 1. The Morgan fingerprint density at radius 3 is 2.28 bits per heavy atom. The summed E-state index contributed by atoms with van der Waals surface area (Å²) in [6.45, 7) is 2.18. The van der Waals surface area contributed by atoms with Crippen LogP contribution in [-0.2, 0) is 9.53 Å². The van der Waals surface area contributed by atoms with E-state index in [0.717, 1.165) is 37.0 Å². The minimum atomic E-state index is -4.41. The fourth-order valence-electron chi connectivity index (χ4n) is 5.57. The zero-order valence-corrected chi connectivity index (χ0v) is 21.6. The first-order valence-electron chi connectivity index (χ1n) is 12.9. The second-order valence-corrected chi connectivity index (χ2v) is 11.7. The summed E-state index contributed by atoms with van der Waals surface area (Å²) < 4.78 is 45.8. The smallest absolute Gasteiger partial charge is 0.405 e. The molecule has 3 aliphatic carbocycles. The van der Waals surface area contributed by atoms with Gasteiger partial charge in [-0.05, 0) is 82.6 Å². The van der Waals surface area contributed by atoms with Gasteiger partial charge in [0.05, 0.1) is 23.8 Å². The number of carbonyl (C=O) groups excluding carboxylic acids is 2. The minimum Gasteiger partial charge on any atom is -0.465 e. The lowest BCUT2D eigenvalue weighted by Crippen LogP contribution is -2.47. The molecule has 0 unspecified atom stereocenters. The van der Waals surface area contributed by atoms with E-state index in [-0.39, 0.29) is 35.6 Å². The maximum absolute atomic E-state index is 13.9. The molecule has 0 aromatic carbocycles. The summed E-state index contributed by atoms with van der Waals surface area (Å²) in [5.74, 6) is 4.84. The number of ether oxygens (including phenoxy) is 1. The summed E-state index contributed by atoms with van der Waals surface area (Å²) in [4.78, 5) is 28.8. The lowest BCUT2D eigenvalue weighted by Gasteiger charge is -2.39. The number of alkyl halides is 3. The zero-order chi connectivity index (χ0) is 26.1. The number of aliphatic hydroxyl groups is 1. The standard InChI is InChI=1S/C27H34F3NO4S/c1-17-4-6-18(7-5-17)24(33)31(19-8-10-20(32)11-9-19)22-16-21(36-23(22)25(34)35-2)12-15-26(13-3-14-26)27(28,29)30/h16-20,32H,3-11,13-14H2,1-2H3. The van der Waals surface area contributed by atoms with Crippen molar-refractivity contribution in [2.45, 2.75) is 95.9 Å². The predicted octanol–water partition coefficient (Wildman–Crippen LogP) is 6.08. The fourth-order valence-corrected chi connectivity index (χ4v) is 6.49. The zero-order valence-electron chi connectivity index (χ0n) is 20.8. The normalized spacial score (nSPS) is 27.8. The summed E-state index contributed by atoms with van der Waals surface area (Å²) in [5.41, 5.74) is -1.63. The van der Waals surface area contributed by atoms with Crippen LogP contribution in [0.1, 0.15) is 92.1 Å². The third kappa shape index (κ3) is 5.45. The Morgan fingerprint density at radius 1 is 1.11 bits per heavy atom. The van der Waals surface area contributed by atoms with E-state index >= 15 is 0 Å². The van der Waals surface area contributed by atoms with Crippen LogP contribution in [0.5, 0.6) is 0 Å². The molecule has 36 heavy (non-hydrogen) atoms. The molecule has 0 spiro atoms. The van der Waals surface area contributed by atoms with Gasteiger partial charge in [0.2, 0.25) is 5.91 Å². The minimum absolute atomic E-state index is 0.0271. The molecule has 9 heteroatoms. The van der Waals surface area contributed by atoms with Crippen LogP contribution in [0.4, 0.5) is 18.9 Å². The van der Waals surface area contributed by atoms with Crippen LogP contribution in [0.3, 0.4) is 0 Å². The molecule has 3 fully saturated rings. The van der Waals surface area contributed by atoms with Crippen LogP contribution in [0.25, 0.3) is 0 Å². The Hall–Kier alpha value is -2.05. The lowest BCUT2D eigenvalue weighted by molar-refractivity contribution is -0.225. The highest BCUT2D eigenvalue weighted by Crippen LogP contribution is 2.52. The van der Waals surface area contributed by atoms with Gasteiger partial charge in [-0.1, -0.05) is 18.8 Å². The van der Waals surface area contributed by atoms with Gasteiger partial charge in [0.25, 0.3) is 0 Å². The van der Waals surface area contributed by atoms with Crippen molar-refractivity contribution in [1.82, 2.24) is 0 Å². The van der Waals surface area contributed by atoms with Crippen LogP contribution in [0.15, 0.2) is 6.07 Å². The van der Waals surface area contributed by atoms with E-state index < -0.39 is 23.7 Å². The molecular formula is C27H34F3NO4S. The number of halogens is 3. The third-order valence-electron chi connectivity index (χ3n) is 8.15. The number of hydrogen-bond acceptors (Lipinski definition) is 5. The van der Waals surface area contributed by atoms with E-state index in [1.165, 1.54) is 7.11 Å². The van der Waals surface area contributed by atoms with Crippen LogP contribution in [-0.4, -0.2) is 42.4 Å². The van der Waals surface area contributed by atoms with Crippen molar-refractivity contribution in [1.29, 1.82) is 0 Å². The molecule has 0 saturated heterocycles. The van der Waals surface area contributed by atoms with Gasteiger partial charge in [-0.2, -0.15) is 13.2 Å². The highest BCUT2D eigenvalue weighted by Gasteiger charge is 2.57. The van der Waals surface area contributed by atoms with Gasteiger partial charge in [-0.15, -0.1) is 11.3 Å². The molecule has 1 N–H and O–H groups in total. The van der Waals surface area contributed by atoms with Gasteiger partial charge in [0.1, 0.15) is 10.3 Å². The van der Waals surface area contributed by atoms with Gasteiger partial charge in [-0.3, -0.25) is 4.79 Å². The Balaban J connectivity index is 1.72. The van der Waals surface area contributed by atoms with E-state index in [9.17, 15) is 27.9 Å². The van der Waals surface area contributed by atoms with E-state index in [2.05, 4.69) is 18.8 Å². The molecule has 0 radical (unpaired) electrons. The van der Waals surface area contributed by atoms with Crippen molar-refractivity contribution >= 4 is 28.9 Å². The average Bonchev–Trinajstić information content (AvgIpc) is 3.22. The number of rotatable bonds is 4. The Labute approximate surface area is 214 Å². The van der Waals surface area contributed by atoms with Crippen molar-refractivity contribution in [2.24, 2.45) is 17.3 Å². The van der Waals surface area contributed by atoms with Crippen molar-refractivity contribution in [3.63, 3.8) is 0 Å². The van der Waals surface area contributed by atoms with Crippen LogP contribution < -0.4 is 4.90 Å². The number of aliphatic hydroxyl groups excluding tert-OH is 1. The number of amides is 1. The summed E-state index contributed by atoms with van der Waals surface area (Å²) >= 11 is 0.977. The number of nitrogens with zero attached hydrogens (tertiary/aromatic N) is 1. The van der Waals surface area contributed by atoms with Crippen molar-refractivity contribution < 1.29 is 32.6 Å². The van der Waals surface area contributed by atoms with Crippen LogP contribution in [0, 0.1) is 29.1 Å². The van der Waals surface area contributed by atoms with Crippen LogP contribution >= 0.6 is 11.3 Å². The average molecular weight is 526 g/mol. The Bertz CT molecular complexity index is 1020. The SMILES string of the molecule is COC(=O)c1sc(C#CC2(C(F)(F)F)CCC2)cc1N(C(=O)C1CCC(C)CC1)C1CCC(O)CC1. The molecule has 1 heterocycles. The van der Waals surface area contributed by atoms with Gasteiger partial charge < -0.3 is 14.7 Å². The highest BCUT2D eigenvalue weighted by atomic mass is 32.1. The van der Waals surface area contributed by atoms with Crippen molar-refractivity contribution in [3.05, 3.63) is 15.8 Å². The lowest BCUT2D eigenvalue weighted by atomic mass is 9.69. The molecule has 3 saturated carbocycles. The number of esters is 1. The molecule has 1 amide bonds. The molecule has 198 valence electrons. The molecule has 5 nitrogen and oxygen atoms in total. The van der Waals surface area contributed by atoms with Crippen LogP contribution in [0.2, 0.25) is 0 Å². The quantitative estimate of drug-likeness (QED) is 0.382. The first kappa shape index (κ1) is 27.0. The maximum Gasteiger partial charge on any atom is 0.405 e. The summed E-state index contributed by atoms with van der Waals surface area (Å²) in [6, 6.07) is 1.38. The number of methoxy groups -OCH3 is 1. The van der Waals surface area contributed by atoms with Gasteiger partial charge in [0.15, 0.2) is 0 Å². The van der Waals surface area contributed by atoms with E-state index in [4.69, 9.17) is 4.74 Å². The van der Waals surface area contributed by atoms with Crippen molar-refractivity contribution in [2.75, 3.05) is 12.0 Å². The maximum atomic E-state index is 13.9. The molecular weight excluding hydrogens is 491 g/mol. The first-order chi connectivity index (χ1) is 17.0. The molecule has 1 aromatic rings. The molecule has 0 bridgehead atoms. The molecule has 0 aliphatic heterocycles. The Morgan fingerprint density at radius 2 is 1.75 bits per heavy atom. The topological polar surface area (TPSA) is 66.8 Å². The van der Waals surface area contributed by atoms with E-state index in [0.29, 0.717) is 48.6 Å². The first-order valence-corrected chi connectivity index (χ1v) is 13.7.